The molecule has 1 N–H and O–H groups in total. The number of nitrogens with one attached hydrogen (secondary N) is 1. The molecule has 3 aromatic rings. The molecule has 1 aromatic heterocycles. The van der Waals surface area contributed by atoms with E-state index in [1.807, 2.05) is 29.2 Å². The van der Waals surface area contributed by atoms with Gasteiger partial charge in [-0.15, -0.1) is 0 Å². The lowest BCUT2D eigenvalue weighted by Crippen LogP contribution is -2.49. The number of halogens is 3. The first-order valence-corrected chi connectivity index (χ1v) is 13.6. The van der Waals surface area contributed by atoms with Crippen LogP contribution in [0.2, 0.25) is 0 Å². The Bertz CT molecular complexity index is 1320. The highest BCUT2D eigenvalue weighted by molar-refractivity contribution is 7.88. The third kappa shape index (κ3) is 4.66. The van der Waals surface area contributed by atoms with Crippen LogP contribution in [-0.2, 0) is 16.4 Å². The molecule has 1 unspecified atom stereocenters. The number of aryl methyl sites for hydroxylation is 1. The second kappa shape index (κ2) is 9.48. The van der Waals surface area contributed by atoms with Gasteiger partial charge in [0.15, 0.2) is 0 Å². The topological polar surface area (TPSA) is 65.6 Å². The van der Waals surface area contributed by atoms with Gasteiger partial charge in [-0.05, 0) is 24.5 Å². The number of fused-ring (bicyclic) bond motifs is 3. The first-order valence-electron chi connectivity index (χ1n) is 11.7. The van der Waals surface area contributed by atoms with Gasteiger partial charge in [0.05, 0.1) is 19.0 Å². The molecule has 0 aliphatic carbocycles. The van der Waals surface area contributed by atoms with Gasteiger partial charge in [0, 0.05) is 66.4 Å². The highest BCUT2D eigenvalue weighted by atomic mass is 32.2. The van der Waals surface area contributed by atoms with E-state index in [4.69, 9.17) is 4.74 Å². The average Bonchev–Trinajstić information content (AvgIpc) is 3.02. The van der Waals surface area contributed by atoms with Gasteiger partial charge < -0.3 is 9.72 Å². The van der Waals surface area contributed by atoms with Crippen LogP contribution in [-0.4, -0.2) is 68.3 Å². The number of ether oxygens (including phenoxy) is 1. The Kier molecular flexibility index (Phi) is 6.54. The summed E-state index contributed by atoms with van der Waals surface area (Å²) in [5, 5.41) is 0.921. The van der Waals surface area contributed by atoms with Crippen LogP contribution in [0, 0.1) is 17.6 Å². The summed E-state index contributed by atoms with van der Waals surface area (Å²) in [4.78, 5) is 5.25. The van der Waals surface area contributed by atoms with Crippen LogP contribution in [0.5, 0.6) is 5.75 Å². The van der Waals surface area contributed by atoms with Crippen molar-refractivity contribution < 1.29 is 26.3 Å². The van der Waals surface area contributed by atoms with E-state index in [0.717, 1.165) is 34.9 Å². The Labute approximate surface area is 202 Å². The van der Waals surface area contributed by atoms with Crippen molar-refractivity contribution in [3.63, 3.8) is 0 Å². The Morgan fingerprint density at radius 1 is 1.14 bits per heavy atom. The SMILES string of the molecule is CS(=O)(=O)N1CCCc2c([nH]c3ccccc23)C1c1c(F)cc(OCCN2CC(CF)C2)cc1F. The summed E-state index contributed by atoms with van der Waals surface area (Å²) in [5.41, 5.74) is 1.82. The van der Waals surface area contributed by atoms with Crippen LogP contribution >= 0.6 is 0 Å². The maximum atomic E-state index is 15.5. The number of sulfonamides is 1. The van der Waals surface area contributed by atoms with Crippen molar-refractivity contribution in [2.75, 3.05) is 45.7 Å². The third-order valence-electron chi connectivity index (χ3n) is 6.89. The van der Waals surface area contributed by atoms with E-state index in [2.05, 4.69) is 4.98 Å². The number of benzene rings is 2. The molecule has 5 rings (SSSR count). The number of nitrogens with zero attached hydrogens (tertiary/aromatic N) is 2. The van der Waals surface area contributed by atoms with Gasteiger partial charge in [-0.2, -0.15) is 4.31 Å². The summed E-state index contributed by atoms with van der Waals surface area (Å²) in [6, 6.07) is 8.57. The summed E-state index contributed by atoms with van der Waals surface area (Å²) in [5.74, 6) is -1.66. The van der Waals surface area contributed by atoms with Gasteiger partial charge in [0.25, 0.3) is 0 Å². The Balaban J connectivity index is 1.49. The summed E-state index contributed by atoms with van der Waals surface area (Å²) < 4.78 is 75.8. The highest BCUT2D eigenvalue weighted by Gasteiger charge is 2.38. The van der Waals surface area contributed by atoms with E-state index in [1.54, 1.807) is 0 Å². The number of aromatic amines is 1. The number of H-pyrrole nitrogens is 1. The lowest BCUT2D eigenvalue weighted by Gasteiger charge is -2.37. The number of hydrogen-bond donors (Lipinski definition) is 1. The maximum Gasteiger partial charge on any atom is 0.212 e. The summed E-state index contributed by atoms with van der Waals surface area (Å²) in [6.45, 7) is 1.84. The normalized spacial score (nSPS) is 19.9. The first-order chi connectivity index (χ1) is 16.8. The number of aromatic nitrogens is 1. The lowest BCUT2D eigenvalue weighted by molar-refractivity contribution is 0.0667. The Morgan fingerprint density at radius 2 is 1.86 bits per heavy atom. The Hall–Kier alpha value is -2.56. The second-order valence-corrected chi connectivity index (χ2v) is 11.3. The minimum Gasteiger partial charge on any atom is -0.492 e. The van der Waals surface area contributed by atoms with Crippen LogP contribution in [0.1, 0.15) is 29.3 Å². The number of likely N-dealkylation sites (tertiary alicyclic amines) is 1. The van der Waals surface area contributed by atoms with Gasteiger partial charge in [-0.1, -0.05) is 18.2 Å². The van der Waals surface area contributed by atoms with E-state index < -0.39 is 27.7 Å². The first kappa shape index (κ1) is 24.1. The van der Waals surface area contributed by atoms with E-state index in [9.17, 15) is 12.8 Å². The number of alkyl halides is 1. The van der Waals surface area contributed by atoms with E-state index >= 15 is 8.78 Å². The van der Waals surface area contributed by atoms with Crippen LogP contribution in [0.25, 0.3) is 10.9 Å². The smallest absolute Gasteiger partial charge is 0.212 e. The molecule has 0 spiro atoms. The van der Waals surface area contributed by atoms with Crippen molar-refractivity contribution in [1.82, 2.24) is 14.2 Å². The minimum absolute atomic E-state index is 0.0303. The largest absolute Gasteiger partial charge is 0.492 e. The molecule has 188 valence electrons. The number of para-hydroxylation sites is 1. The molecular weight excluding hydrogens is 479 g/mol. The molecule has 1 fully saturated rings. The van der Waals surface area contributed by atoms with Crippen molar-refractivity contribution in [3.05, 3.63) is 64.9 Å². The third-order valence-corrected chi connectivity index (χ3v) is 8.14. The molecule has 2 aliphatic rings. The monoisotopic (exact) mass is 507 g/mol. The molecule has 1 atom stereocenters. The number of hydrogen-bond acceptors (Lipinski definition) is 4. The van der Waals surface area contributed by atoms with Crippen molar-refractivity contribution in [3.8, 4) is 5.75 Å². The maximum absolute atomic E-state index is 15.5. The molecular formula is C25H28F3N3O3S. The predicted octanol–water partition coefficient (Wildman–Crippen LogP) is 4.02. The van der Waals surface area contributed by atoms with Gasteiger partial charge in [-0.3, -0.25) is 9.29 Å². The van der Waals surface area contributed by atoms with Gasteiger partial charge >= 0.3 is 0 Å². The van der Waals surface area contributed by atoms with Gasteiger partial charge in [0.1, 0.15) is 24.0 Å². The molecule has 0 bridgehead atoms. The zero-order valence-electron chi connectivity index (χ0n) is 19.4. The molecule has 35 heavy (non-hydrogen) atoms. The van der Waals surface area contributed by atoms with E-state index in [1.165, 1.54) is 4.31 Å². The minimum atomic E-state index is -3.78. The molecule has 0 radical (unpaired) electrons. The second-order valence-electron chi connectivity index (χ2n) is 9.37. The molecule has 1 saturated heterocycles. The molecule has 2 aromatic carbocycles. The summed E-state index contributed by atoms with van der Waals surface area (Å²) in [7, 11) is -3.78. The predicted molar refractivity (Wildman–Crippen MR) is 128 cm³/mol. The van der Waals surface area contributed by atoms with Crippen LogP contribution in [0.3, 0.4) is 0 Å². The zero-order chi connectivity index (χ0) is 24.7. The number of rotatable bonds is 7. The van der Waals surface area contributed by atoms with E-state index in [0.29, 0.717) is 38.2 Å². The van der Waals surface area contributed by atoms with Crippen molar-refractivity contribution in [2.24, 2.45) is 5.92 Å². The fourth-order valence-electron chi connectivity index (χ4n) is 5.21. The fraction of sp³-hybridized carbons (Fsp3) is 0.440. The molecule has 0 saturated carbocycles. The average molecular weight is 508 g/mol. The summed E-state index contributed by atoms with van der Waals surface area (Å²) >= 11 is 0. The lowest BCUT2D eigenvalue weighted by atomic mass is 9.98. The van der Waals surface area contributed by atoms with Crippen LogP contribution in [0.15, 0.2) is 36.4 Å². The standard InChI is InChI=1S/C25H28F3N3O3S/c1-35(32,33)31-8-4-6-19-18-5-2-3-7-22(18)29-24(19)25(31)23-20(27)11-17(12-21(23)28)34-10-9-30-14-16(13-26)15-30/h2-3,5,7,11-12,16,25,29H,4,6,8-10,13-15H2,1H3. The van der Waals surface area contributed by atoms with Crippen LogP contribution < -0.4 is 4.74 Å². The zero-order valence-corrected chi connectivity index (χ0v) is 20.3. The Morgan fingerprint density at radius 3 is 2.54 bits per heavy atom. The van der Waals surface area contributed by atoms with Gasteiger partial charge in [-0.25, -0.2) is 17.2 Å². The highest BCUT2D eigenvalue weighted by Crippen LogP contribution is 2.41. The van der Waals surface area contributed by atoms with Crippen LogP contribution in [0.4, 0.5) is 13.2 Å². The molecule has 6 nitrogen and oxygen atoms in total. The molecule has 2 aliphatic heterocycles. The fourth-order valence-corrected chi connectivity index (χ4v) is 6.26. The molecule has 10 heteroatoms. The van der Waals surface area contributed by atoms with Crippen molar-refractivity contribution >= 4 is 20.9 Å². The van der Waals surface area contributed by atoms with Crippen molar-refractivity contribution in [2.45, 2.75) is 18.9 Å². The molecule has 3 heterocycles. The summed E-state index contributed by atoms with van der Waals surface area (Å²) in [6.07, 6.45) is 2.18. The molecule has 0 amide bonds. The van der Waals surface area contributed by atoms with E-state index in [-0.39, 0.29) is 37.1 Å². The van der Waals surface area contributed by atoms with Crippen molar-refractivity contribution in [1.29, 1.82) is 0 Å². The van der Waals surface area contributed by atoms with Gasteiger partial charge in [0.2, 0.25) is 10.0 Å². The quantitative estimate of drug-likeness (QED) is 0.525.